The van der Waals surface area contributed by atoms with Gasteiger partial charge in [0, 0.05) is 25.9 Å². The molecular weight excluding hydrogens is 222 g/mol. The Hall–Kier alpha value is -1.63. The normalized spacial score (nSPS) is 14.4. The van der Waals surface area contributed by atoms with E-state index in [1.54, 1.807) is 4.57 Å². The summed E-state index contributed by atoms with van der Waals surface area (Å²) in [6.07, 6.45) is 3.87. The van der Waals surface area contributed by atoms with Crippen molar-refractivity contribution >= 4 is 5.91 Å². The monoisotopic (exact) mass is 239 g/mol. The first kappa shape index (κ1) is 11.8. The first-order valence-corrected chi connectivity index (χ1v) is 5.88. The zero-order valence-electron chi connectivity index (χ0n) is 9.69. The molecule has 2 rings (SSSR count). The van der Waals surface area contributed by atoms with Crippen molar-refractivity contribution in [2.45, 2.75) is 45.2 Å². The van der Waals surface area contributed by atoms with Crippen LogP contribution in [0.3, 0.4) is 0 Å². The summed E-state index contributed by atoms with van der Waals surface area (Å²) < 4.78 is 3.18. The van der Waals surface area contributed by atoms with Gasteiger partial charge in [-0.1, -0.05) is 0 Å². The highest BCUT2D eigenvalue weighted by molar-refractivity contribution is 5.74. The summed E-state index contributed by atoms with van der Waals surface area (Å²) in [5.41, 5.74) is 2.00. The van der Waals surface area contributed by atoms with Gasteiger partial charge < -0.3 is 0 Å². The molecule has 1 aromatic rings. The van der Waals surface area contributed by atoms with Crippen molar-refractivity contribution in [2.24, 2.45) is 5.84 Å². The minimum Gasteiger partial charge on any atom is -0.294 e. The van der Waals surface area contributed by atoms with E-state index in [0.29, 0.717) is 19.4 Å². The molecule has 0 aliphatic carbocycles. The number of carbonyl (C=O) groups is 1. The number of rotatable bonds is 4. The van der Waals surface area contributed by atoms with Crippen LogP contribution >= 0.6 is 0 Å². The molecule has 0 saturated heterocycles. The second-order valence-corrected chi connectivity index (χ2v) is 4.20. The summed E-state index contributed by atoms with van der Waals surface area (Å²) in [4.78, 5) is 22.8. The highest BCUT2D eigenvalue weighted by Crippen LogP contribution is 2.09. The van der Waals surface area contributed by atoms with Crippen molar-refractivity contribution in [1.29, 1.82) is 0 Å². The van der Waals surface area contributed by atoms with Crippen LogP contribution in [0, 0.1) is 0 Å². The van der Waals surface area contributed by atoms with E-state index in [0.717, 1.165) is 31.6 Å². The molecule has 0 saturated carbocycles. The fourth-order valence-corrected chi connectivity index (χ4v) is 2.06. The van der Waals surface area contributed by atoms with Gasteiger partial charge in [-0.05, 0) is 19.3 Å². The Bertz CT molecular complexity index is 462. The molecule has 94 valence electrons. The molecule has 7 nitrogen and oxygen atoms in total. The molecule has 1 aromatic heterocycles. The van der Waals surface area contributed by atoms with Crippen LogP contribution in [0.4, 0.5) is 0 Å². The number of hydrogen-bond donors (Lipinski definition) is 2. The van der Waals surface area contributed by atoms with Crippen LogP contribution < -0.4 is 17.0 Å². The minimum absolute atomic E-state index is 0.0622. The zero-order chi connectivity index (χ0) is 12.3. The summed E-state index contributed by atoms with van der Waals surface area (Å²) in [7, 11) is 0. The number of hydrazine groups is 1. The lowest BCUT2D eigenvalue weighted by Gasteiger charge is -2.09. The topological polar surface area (TPSA) is 94.9 Å². The SMILES string of the molecule is NNC(=O)CCCn1nc2n(c1=O)CCCC2. The summed E-state index contributed by atoms with van der Waals surface area (Å²) in [5, 5.41) is 4.28. The number of fused-ring (bicyclic) bond motifs is 1. The molecule has 17 heavy (non-hydrogen) atoms. The fourth-order valence-electron chi connectivity index (χ4n) is 2.06. The molecule has 0 fully saturated rings. The Labute approximate surface area is 98.6 Å². The number of carbonyl (C=O) groups excluding carboxylic acids is 1. The molecular formula is C10H17N5O2. The Morgan fingerprint density at radius 1 is 1.47 bits per heavy atom. The maximum atomic E-state index is 11.9. The third-order valence-corrected chi connectivity index (χ3v) is 2.97. The van der Waals surface area contributed by atoms with Crippen LogP contribution in [0.1, 0.15) is 31.5 Å². The molecule has 0 bridgehead atoms. The fraction of sp³-hybridized carbons (Fsp3) is 0.700. The van der Waals surface area contributed by atoms with Gasteiger partial charge in [0.25, 0.3) is 0 Å². The van der Waals surface area contributed by atoms with Crippen molar-refractivity contribution in [3.8, 4) is 0 Å². The van der Waals surface area contributed by atoms with E-state index in [2.05, 4.69) is 10.5 Å². The molecule has 0 aromatic carbocycles. The van der Waals surface area contributed by atoms with Crippen molar-refractivity contribution < 1.29 is 4.79 Å². The molecule has 0 unspecified atom stereocenters. The highest BCUT2D eigenvalue weighted by Gasteiger charge is 2.16. The Balaban J connectivity index is 1.99. The van der Waals surface area contributed by atoms with Crippen LogP contribution in [0.15, 0.2) is 4.79 Å². The minimum atomic E-state index is -0.220. The second-order valence-electron chi connectivity index (χ2n) is 4.20. The van der Waals surface area contributed by atoms with Gasteiger partial charge in [0.2, 0.25) is 5.91 Å². The van der Waals surface area contributed by atoms with Crippen molar-refractivity contribution in [1.82, 2.24) is 19.8 Å². The van der Waals surface area contributed by atoms with Crippen LogP contribution in [0.5, 0.6) is 0 Å². The standard InChI is InChI=1S/C10H17N5O2/c11-12-9(16)5-3-7-15-10(17)14-6-2-1-4-8(14)13-15/h1-7,11H2,(H,12,16). The Morgan fingerprint density at radius 2 is 2.29 bits per heavy atom. The second kappa shape index (κ2) is 5.13. The van der Waals surface area contributed by atoms with Gasteiger partial charge in [-0.3, -0.25) is 14.8 Å². The highest BCUT2D eigenvalue weighted by atomic mass is 16.2. The number of nitrogens with zero attached hydrogens (tertiary/aromatic N) is 3. The number of nitrogens with two attached hydrogens (primary N) is 1. The number of aromatic nitrogens is 3. The molecule has 7 heteroatoms. The predicted octanol–water partition coefficient (Wildman–Crippen LogP) is -0.849. The Morgan fingerprint density at radius 3 is 3.00 bits per heavy atom. The first-order chi connectivity index (χ1) is 8.22. The Kier molecular flexibility index (Phi) is 3.58. The average molecular weight is 239 g/mol. The largest absolute Gasteiger partial charge is 0.345 e. The molecule has 3 N–H and O–H groups in total. The van der Waals surface area contributed by atoms with E-state index in [1.165, 1.54) is 4.68 Å². The van der Waals surface area contributed by atoms with E-state index >= 15 is 0 Å². The van der Waals surface area contributed by atoms with Crippen LogP contribution in [-0.4, -0.2) is 20.3 Å². The van der Waals surface area contributed by atoms with Crippen LogP contribution in [0.25, 0.3) is 0 Å². The van der Waals surface area contributed by atoms with Gasteiger partial charge in [-0.25, -0.2) is 15.3 Å². The average Bonchev–Trinajstić information content (AvgIpc) is 2.67. The lowest BCUT2D eigenvalue weighted by Crippen LogP contribution is -2.30. The zero-order valence-corrected chi connectivity index (χ0v) is 9.69. The van der Waals surface area contributed by atoms with Crippen molar-refractivity contribution in [3.63, 3.8) is 0 Å². The third-order valence-electron chi connectivity index (χ3n) is 2.97. The van der Waals surface area contributed by atoms with Crippen molar-refractivity contribution in [2.75, 3.05) is 0 Å². The van der Waals surface area contributed by atoms with Gasteiger partial charge >= 0.3 is 5.69 Å². The quantitative estimate of drug-likeness (QED) is 0.406. The van der Waals surface area contributed by atoms with E-state index in [9.17, 15) is 9.59 Å². The first-order valence-electron chi connectivity index (χ1n) is 5.88. The van der Waals surface area contributed by atoms with Gasteiger partial charge in [-0.2, -0.15) is 5.10 Å². The lowest BCUT2D eigenvalue weighted by atomic mass is 10.2. The molecule has 1 aliphatic rings. The van der Waals surface area contributed by atoms with E-state index in [1.807, 2.05) is 0 Å². The van der Waals surface area contributed by atoms with E-state index in [4.69, 9.17) is 5.84 Å². The third kappa shape index (κ3) is 2.55. The van der Waals surface area contributed by atoms with Gasteiger partial charge in [-0.15, -0.1) is 0 Å². The van der Waals surface area contributed by atoms with Crippen LogP contribution in [0.2, 0.25) is 0 Å². The van der Waals surface area contributed by atoms with E-state index in [-0.39, 0.29) is 11.6 Å². The van der Waals surface area contributed by atoms with Crippen LogP contribution in [-0.2, 0) is 24.3 Å². The summed E-state index contributed by atoms with van der Waals surface area (Å²) in [6.45, 7) is 1.23. The number of nitrogens with one attached hydrogen (secondary N) is 1. The molecule has 1 amide bonds. The number of hydrogen-bond acceptors (Lipinski definition) is 4. The van der Waals surface area contributed by atoms with Crippen molar-refractivity contribution in [3.05, 3.63) is 16.3 Å². The van der Waals surface area contributed by atoms with Gasteiger partial charge in [0.05, 0.1) is 0 Å². The molecule has 1 aliphatic heterocycles. The van der Waals surface area contributed by atoms with E-state index < -0.39 is 0 Å². The molecule has 2 heterocycles. The smallest absolute Gasteiger partial charge is 0.294 e. The molecule has 0 radical (unpaired) electrons. The summed E-state index contributed by atoms with van der Waals surface area (Å²) in [6, 6.07) is 0. The number of amides is 1. The van der Waals surface area contributed by atoms with Gasteiger partial charge in [0.1, 0.15) is 5.82 Å². The maximum absolute atomic E-state index is 11.9. The molecule has 0 atom stereocenters. The summed E-state index contributed by atoms with van der Waals surface area (Å²) >= 11 is 0. The lowest BCUT2D eigenvalue weighted by molar-refractivity contribution is -0.121. The summed E-state index contributed by atoms with van der Waals surface area (Å²) in [5.74, 6) is 5.62. The maximum Gasteiger partial charge on any atom is 0.345 e. The van der Waals surface area contributed by atoms with Gasteiger partial charge in [0.15, 0.2) is 0 Å². The predicted molar refractivity (Wildman–Crippen MR) is 61.0 cm³/mol. The number of aryl methyl sites for hydroxylation is 2. The molecule has 0 spiro atoms.